The van der Waals surface area contributed by atoms with Gasteiger partial charge in [-0.3, -0.25) is 4.90 Å². The fourth-order valence-electron chi connectivity index (χ4n) is 3.03. The summed E-state index contributed by atoms with van der Waals surface area (Å²) in [4.78, 5) is 6.93. The predicted octanol–water partition coefficient (Wildman–Crippen LogP) is 2.07. The average Bonchev–Trinajstić information content (AvgIpc) is 2.86. The highest BCUT2D eigenvalue weighted by molar-refractivity contribution is 4.90. The lowest BCUT2D eigenvalue weighted by atomic mass is 9.93. The maximum absolute atomic E-state index is 4.42. The van der Waals surface area contributed by atoms with E-state index in [1.54, 1.807) is 6.33 Å². The molecule has 1 fully saturated rings. The molecule has 1 saturated heterocycles. The fourth-order valence-corrected chi connectivity index (χ4v) is 3.03. The Bertz CT molecular complexity index is 401. The summed E-state index contributed by atoms with van der Waals surface area (Å²) in [5, 5.41) is 7.99. The van der Waals surface area contributed by atoms with Gasteiger partial charge in [0.25, 0.3) is 0 Å². The van der Waals surface area contributed by atoms with Gasteiger partial charge >= 0.3 is 0 Å². The molecule has 114 valence electrons. The van der Waals surface area contributed by atoms with Crippen LogP contribution in [-0.2, 0) is 6.54 Å². The molecule has 1 aliphatic heterocycles. The van der Waals surface area contributed by atoms with Crippen LogP contribution < -0.4 is 5.32 Å². The number of hydrogen-bond acceptors (Lipinski definition) is 4. The van der Waals surface area contributed by atoms with Crippen LogP contribution in [0, 0.1) is 5.92 Å². The van der Waals surface area contributed by atoms with Crippen LogP contribution in [0.1, 0.15) is 52.4 Å². The van der Waals surface area contributed by atoms with Gasteiger partial charge in [0.05, 0.1) is 6.54 Å². The fraction of sp³-hybridized carbons (Fsp3) is 0.867. The van der Waals surface area contributed by atoms with Crippen molar-refractivity contribution in [3.05, 3.63) is 12.2 Å². The molecule has 0 aromatic carbocycles. The second-order valence-electron chi connectivity index (χ2n) is 6.28. The van der Waals surface area contributed by atoms with Crippen LogP contribution in [0.25, 0.3) is 0 Å². The number of likely N-dealkylation sites (tertiary alicyclic amines) is 1. The zero-order valence-electron chi connectivity index (χ0n) is 13.3. The second-order valence-corrected chi connectivity index (χ2v) is 6.28. The lowest BCUT2D eigenvalue weighted by molar-refractivity contribution is 0.136. The number of piperidine rings is 1. The Hall–Kier alpha value is -0.940. The molecular weight excluding hydrogens is 250 g/mol. The molecule has 2 unspecified atom stereocenters. The van der Waals surface area contributed by atoms with Crippen LogP contribution in [-0.4, -0.2) is 45.3 Å². The molecule has 1 aliphatic rings. The molecule has 0 amide bonds. The molecule has 1 aromatic rings. The van der Waals surface area contributed by atoms with E-state index in [1.807, 2.05) is 4.68 Å². The van der Waals surface area contributed by atoms with Crippen molar-refractivity contribution in [2.24, 2.45) is 5.92 Å². The molecule has 2 heterocycles. The number of nitrogens with one attached hydrogen (secondary N) is 1. The molecule has 0 saturated carbocycles. The molecule has 0 aliphatic carbocycles. The summed E-state index contributed by atoms with van der Waals surface area (Å²) in [5.41, 5.74) is 0. The van der Waals surface area contributed by atoms with Crippen molar-refractivity contribution in [2.45, 2.75) is 59.2 Å². The molecule has 1 N–H and O–H groups in total. The van der Waals surface area contributed by atoms with E-state index in [0.29, 0.717) is 18.0 Å². The lowest BCUT2D eigenvalue weighted by Crippen LogP contribution is -2.48. The molecule has 5 nitrogen and oxygen atoms in total. The normalized spacial score (nSPS) is 24.4. The highest BCUT2D eigenvalue weighted by Gasteiger charge is 2.26. The molecule has 0 bridgehead atoms. The summed E-state index contributed by atoms with van der Waals surface area (Å²) in [6, 6.07) is 1.06. The van der Waals surface area contributed by atoms with Crippen molar-refractivity contribution < 1.29 is 0 Å². The summed E-state index contributed by atoms with van der Waals surface area (Å²) in [6.07, 6.45) is 4.12. The molecule has 0 spiro atoms. The van der Waals surface area contributed by atoms with Gasteiger partial charge in [-0.15, -0.1) is 0 Å². The third kappa shape index (κ3) is 3.79. The predicted molar refractivity (Wildman–Crippen MR) is 81.5 cm³/mol. The topological polar surface area (TPSA) is 46.0 Å². The zero-order valence-corrected chi connectivity index (χ0v) is 13.3. The first-order valence-electron chi connectivity index (χ1n) is 7.96. The van der Waals surface area contributed by atoms with Gasteiger partial charge < -0.3 is 5.32 Å². The highest BCUT2D eigenvalue weighted by atomic mass is 15.4. The van der Waals surface area contributed by atoms with Crippen molar-refractivity contribution in [1.29, 1.82) is 0 Å². The van der Waals surface area contributed by atoms with Gasteiger partial charge in [0.2, 0.25) is 0 Å². The third-order valence-electron chi connectivity index (χ3n) is 4.15. The molecule has 2 rings (SSSR count). The molecule has 20 heavy (non-hydrogen) atoms. The standard InChI is InChI=1S/C15H29N5/c1-5-7-16-14-6-8-19(9-13(14)4)10-15-17-11-18-20(15)12(2)3/h11-14,16H,5-10H2,1-4H3. The lowest BCUT2D eigenvalue weighted by Gasteiger charge is -2.37. The quantitative estimate of drug-likeness (QED) is 0.866. The summed E-state index contributed by atoms with van der Waals surface area (Å²) in [5.74, 6) is 1.79. The number of nitrogens with zero attached hydrogens (tertiary/aromatic N) is 4. The first-order valence-corrected chi connectivity index (χ1v) is 7.96. The van der Waals surface area contributed by atoms with E-state index in [1.165, 1.54) is 12.8 Å². The zero-order chi connectivity index (χ0) is 14.5. The Morgan fingerprint density at radius 3 is 2.90 bits per heavy atom. The Balaban J connectivity index is 1.88. The smallest absolute Gasteiger partial charge is 0.141 e. The summed E-state index contributed by atoms with van der Waals surface area (Å²) >= 11 is 0. The van der Waals surface area contributed by atoms with Crippen molar-refractivity contribution in [3.8, 4) is 0 Å². The summed E-state index contributed by atoms with van der Waals surface area (Å²) in [6.45, 7) is 13.2. The maximum Gasteiger partial charge on any atom is 0.141 e. The molecular formula is C15H29N5. The number of aromatic nitrogens is 3. The molecule has 5 heteroatoms. The Kier molecular flexibility index (Phi) is 5.54. The third-order valence-corrected chi connectivity index (χ3v) is 4.15. The summed E-state index contributed by atoms with van der Waals surface area (Å²) in [7, 11) is 0. The van der Waals surface area contributed by atoms with Crippen molar-refractivity contribution in [1.82, 2.24) is 25.0 Å². The van der Waals surface area contributed by atoms with Gasteiger partial charge in [0.15, 0.2) is 0 Å². The second kappa shape index (κ2) is 7.18. The average molecular weight is 279 g/mol. The van der Waals surface area contributed by atoms with Crippen LogP contribution in [0.4, 0.5) is 0 Å². The van der Waals surface area contributed by atoms with Crippen LogP contribution in [0.3, 0.4) is 0 Å². The Morgan fingerprint density at radius 2 is 2.25 bits per heavy atom. The van der Waals surface area contributed by atoms with Crippen molar-refractivity contribution in [2.75, 3.05) is 19.6 Å². The van der Waals surface area contributed by atoms with Crippen molar-refractivity contribution >= 4 is 0 Å². The van der Waals surface area contributed by atoms with Gasteiger partial charge in [-0.1, -0.05) is 13.8 Å². The van der Waals surface area contributed by atoms with Crippen LogP contribution in [0.5, 0.6) is 0 Å². The van der Waals surface area contributed by atoms with E-state index in [0.717, 1.165) is 32.0 Å². The maximum atomic E-state index is 4.42. The Morgan fingerprint density at radius 1 is 1.45 bits per heavy atom. The largest absolute Gasteiger partial charge is 0.314 e. The van der Waals surface area contributed by atoms with Crippen LogP contribution in [0.2, 0.25) is 0 Å². The number of rotatable bonds is 6. The van der Waals surface area contributed by atoms with Crippen LogP contribution >= 0.6 is 0 Å². The van der Waals surface area contributed by atoms with Gasteiger partial charge in [-0.2, -0.15) is 5.10 Å². The minimum Gasteiger partial charge on any atom is -0.314 e. The van der Waals surface area contributed by atoms with E-state index in [9.17, 15) is 0 Å². The minimum atomic E-state index is 0.383. The van der Waals surface area contributed by atoms with Crippen molar-refractivity contribution in [3.63, 3.8) is 0 Å². The van der Waals surface area contributed by atoms with E-state index in [-0.39, 0.29) is 0 Å². The first kappa shape index (κ1) is 15.4. The monoisotopic (exact) mass is 279 g/mol. The minimum absolute atomic E-state index is 0.383. The molecule has 2 atom stereocenters. The van der Waals surface area contributed by atoms with Gasteiger partial charge in [0, 0.05) is 25.2 Å². The highest BCUT2D eigenvalue weighted by Crippen LogP contribution is 2.19. The summed E-state index contributed by atoms with van der Waals surface area (Å²) < 4.78 is 2.03. The van der Waals surface area contributed by atoms with E-state index < -0.39 is 0 Å². The first-order chi connectivity index (χ1) is 9.61. The Labute approximate surface area is 122 Å². The van der Waals surface area contributed by atoms with Gasteiger partial charge in [-0.05, 0) is 39.2 Å². The molecule has 0 radical (unpaired) electrons. The van der Waals surface area contributed by atoms with E-state index >= 15 is 0 Å². The van der Waals surface area contributed by atoms with Crippen LogP contribution in [0.15, 0.2) is 6.33 Å². The van der Waals surface area contributed by atoms with Gasteiger partial charge in [0.1, 0.15) is 12.2 Å². The van der Waals surface area contributed by atoms with E-state index in [4.69, 9.17) is 0 Å². The van der Waals surface area contributed by atoms with E-state index in [2.05, 4.69) is 48.0 Å². The molecule has 1 aromatic heterocycles. The SMILES string of the molecule is CCCNC1CCN(Cc2ncnn2C(C)C)CC1C. The number of hydrogen-bond donors (Lipinski definition) is 1. The van der Waals surface area contributed by atoms with Gasteiger partial charge in [-0.25, -0.2) is 9.67 Å².